The maximum absolute atomic E-state index is 10.6. The molecule has 19 heavy (non-hydrogen) atoms. The van der Waals surface area contributed by atoms with E-state index in [2.05, 4.69) is 13.0 Å². The minimum absolute atomic E-state index is 0.0962. The van der Waals surface area contributed by atoms with Gasteiger partial charge in [0.2, 0.25) is 0 Å². The second-order valence-electron chi connectivity index (χ2n) is 5.87. The zero-order valence-electron chi connectivity index (χ0n) is 12.5. The van der Waals surface area contributed by atoms with Crippen molar-refractivity contribution in [1.82, 2.24) is 0 Å². The number of hydrogen-bond acceptors (Lipinski definition) is 2. The number of carbonyl (C=O) groups excluding carboxylic acids is 1. The van der Waals surface area contributed by atoms with Crippen LogP contribution in [0.5, 0.6) is 0 Å². The van der Waals surface area contributed by atoms with E-state index in [1.807, 2.05) is 0 Å². The second-order valence-corrected chi connectivity index (χ2v) is 5.87. The number of carbonyl (C=O) groups is 1. The van der Waals surface area contributed by atoms with Gasteiger partial charge in [0.25, 0.3) is 6.47 Å². The Balaban J connectivity index is 2.42. The zero-order valence-corrected chi connectivity index (χ0v) is 12.5. The lowest BCUT2D eigenvalue weighted by atomic mass is 10.0. The Morgan fingerprint density at radius 2 is 1.58 bits per heavy atom. The van der Waals surface area contributed by atoms with Crippen molar-refractivity contribution >= 4 is 6.47 Å². The van der Waals surface area contributed by atoms with E-state index in [0.717, 1.165) is 12.8 Å². The quantitative estimate of drug-likeness (QED) is 0.509. The average molecular weight is 266 g/mol. The standard InChI is InChI=1S/C17H30O2/c1-16-12-10-8-6-4-2-3-5-7-9-11-13-17(14-16)19-15-18/h12,15,17H,2-11,13-14H2,1H3/b16-12+. The van der Waals surface area contributed by atoms with Crippen LogP contribution >= 0.6 is 0 Å². The summed E-state index contributed by atoms with van der Waals surface area (Å²) in [6, 6.07) is 0. The molecule has 0 aromatic rings. The third kappa shape index (κ3) is 8.85. The Morgan fingerprint density at radius 1 is 1.00 bits per heavy atom. The second kappa shape index (κ2) is 11.1. The van der Waals surface area contributed by atoms with Crippen LogP contribution in [0.15, 0.2) is 11.6 Å². The Bertz CT molecular complexity index is 258. The smallest absolute Gasteiger partial charge is 0.293 e. The first-order valence-electron chi connectivity index (χ1n) is 8.07. The van der Waals surface area contributed by atoms with Crippen LogP contribution in [0, 0.1) is 0 Å². The van der Waals surface area contributed by atoms with E-state index in [9.17, 15) is 4.79 Å². The third-order valence-corrected chi connectivity index (χ3v) is 4.02. The van der Waals surface area contributed by atoms with Crippen LogP contribution in [0.3, 0.4) is 0 Å². The lowest BCUT2D eigenvalue weighted by molar-refractivity contribution is -0.133. The van der Waals surface area contributed by atoms with Gasteiger partial charge in [-0.25, -0.2) is 0 Å². The van der Waals surface area contributed by atoms with Crippen LogP contribution in [-0.2, 0) is 9.53 Å². The topological polar surface area (TPSA) is 26.3 Å². The molecule has 1 aliphatic rings. The van der Waals surface area contributed by atoms with E-state index in [-0.39, 0.29) is 6.10 Å². The summed E-state index contributed by atoms with van der Waals surface area (Å²) in [6.07, 6.45) is 17.6. The highest BCUT2D eigenvalue weighted by Crippen LogP contribution is 2.18. The molecule has 0 saturated heterocycles. The third-order valence-electron chi connectivity index (χ3n) is 4.02. The number of hydrogen-bond donors (Lipinski definition) is 0. The first kappa shape index (κ1) is 16.3. The van der Waals surface area contributed by atoms with Gasteiger partial charge in [-0.15, -0.1) is 0 Å². The summed E-state index contributed by atoms with van der Waals surface area (Å²) in [5.41, 5.74) is 1.38. The van der Waals surface area contributed by atoms with Crippen LogP contribution < -0.4 is 0 Å². The molecule has 0 bridgehead atoms. The fourth-order valence-electron chi connectivity index (χ4n) is 2.84. The molecule has 0 radical (unpaired) electrons. The van der Waals surface area contributed by atoms with E-state index in [4.69, 9.17) is 4.74 Å². The molecule has 2 nitrogen and oxygen atoms in total. The minimum atomic E-state index is 0.0962. The first-order valence-corrected chi connectivity index (χ1v) is 8.07. The summed E-state index contributed by atoms with van der Waals surface area (Å²) >= 11 is 0. The van der Waals surface area contributed by atoms with Crippen molar-refractivity contribution in [2.45, 2.75) is 90.1 Å². The SMILES string of the molecule is C/C1=C\CCCCCCCCCCCC(OC=O)C1. The summed E-state index contributed by atoms with van der Waals surface area (Å²) in [5.74, 6) is 0. The summed E-state index contributed by atoms with van der Waals surface area (Å²) < 4.78 is 5.22. The van der Waals surface area contributed by atoms with Crippen molar-refractivity contribution in [3.63, 3.8) is 0 Å². The molecule has 1 rings (SSSR count). The lowest BCUT2D eigenvalue weighted by Gasteiger charge is -2.15. The van der Waals surface area contributed by atoms with Gasteiger partial charge in [-0.3, -0.25) is 4.79 Å². The number of ether oxygens (including phenoxy) is 1. The molecule has 110 valence electrons. The molecule has 0 aliphatic heterocycles. The molecule has 0 fully saturated rings. The lowest BCUT2D eigenvalue weighted by Crippen LogP contribution is -2.12. The number of allylic oxidation sites excluding steroid dienone is 1. The Morgan fingerprint density at radius 3 is 2.21 bits per heavy atom. The highest BCUT2D eigenvalue weighted by atomic mass is 16.5. The minimum Gasteiger partial charge on any atom is -0.464 e. The monoisotopic (exact) mass is 266 g/mol. The Kier molecular flexibility index (Phi) is 9.48. The van der Waals surface area contributed by atoms with Gasteiger partial charge in [-0.1, -0.05) is 56.6 Å². The van der Waals surface area contributed by atoms with Crippen molar-refractivity contribution in [2.75, 3.05) is 0 Å². The number of rotatable bonds is 2. The Hall–Kier alpha value is -0.790. The molecule has 0 aromatic heterocycles. The van der Waals surface area contributed by atoms with Crippen molar-refractivity contribution in [2.24, 2.45) is 0 Å². The zero-order chi connectivity index (χ0) is 13.8. The molecule has 0 aromatic carbocycles. The van der Waals surface area contributed by atoms with Crippen LogP contribution in [0.4, 0.5) is 0 Å². The van der Waals surface area contributed by atoms with Gasteiger partial charge in [-0.2, -0.15) is 0 Å². The van der Waals surface area contributed by atoms with Gasteiger partial charge in [0.1, 0.15) is 6.10 Å². The summed E-state index contributed by atoms with van der Waals surface area (Å²) in [7, 11) is 0. The van der Waals surface area contributed by atoms with Crippen LogP contribution in [0.1, 0.15) is 84.0 Å². The van der Waals surface area contributed by atoms with E-state index in [1.165, 1.54) is 69.8 Å². The summed E-state index contributed by atoms with van der Waals surface area (Å²) in [4.78, 5) is 10.6. The molecular weight excluding hydrogens is 236 g/mol. The molecule has 1 aliphatic carbocycles. The van der Waals surface area contributed by atoms with E-state index in [1.54, 1.807) is 0 Å². The molecule has 0 heterocycles. The van der Waals surface area contributed by atoms with Crippen LogP contribution in [0.2, 0.25) is 0 Å². The van der Waals surface area contributed by atoms with Crippen molar-refractivity contribution in [3.05, 3.63) is 11.6 Å². The largest absolute Gasteiger partial charge is 0.464 e. The van der Waals surface area contributed by atoms with Crippen LogP contribution in [-0.4, -0.2) is 12.6 Å². The predicted octanol–water partition coefficient (Wildman–Crippen LogP) is 5.17. The normalized spacial score (nSPS) is 27.4. The Labute approximate surface area is 118 Å². The molecule has 1 unspecified atom stereocenters. The highest BCUT2D eigenvalue weighted by Gasteiger charge is 2.10. The van der Waals surface area contributed by atoms with E-state index < -0.39 is 0 Å². The molecule has 0 saturated carbocycles. The fourth-order valence-corrected chi connectivity index (χ4v) is 2.84. The first-order chi connectivity index (χ1) is 9.33. The molecular formula is C17H30O2. The van der Waals surface area contributed by atoms with Gasteiger partial charge in [-0.05, 0) is 32.6 Å². The fraction of sp³-hybridized carbons (Fsp3) is 0.824. The molecule has 0 N–H and O–H groups in total. The van der Waals surface area contributed by atoms with Crippen molar-refractivity contribution in [3.8, 4) is 0 Å². The molecule has 1 atom stereocenters. The van der Waals surface area contributed by atoms with Crippen molar-refractivity contribution < 1.29 is 9.53 Å². The maximum Gasteiger partial charge on any atom is 0.293 e. The molecule has 0 spiro atoms. The van der Waals surface area contributed by atoms with E-state index in [0.29, 0.717) is 6.47 Å². The summed E-state index contributed by atoms with van der Waals surface area (Å²) in [5, 5.41) is 0. The van der Waals surface area contributed by atoms with Crippen molar-refractivity contribution in [1.29, 1.82) is 0 Å². The van der Waals surface area contributed by atoms with Gasteiger partial charge in [0, 0.05) is 6.42 Å². The highest BCUT2D eigenvalue weighted by molar-refractivity contribution is 5.37. The molecule has 0 amide bonds. The summed E-state index contributed by atoms with van der Waals surface area (Å²) in [6.45, 7) is 2.78. The van der Waals surface area contributed by atoms with Gasteiger partial charge in [0.05, 0.1) is 0 Å². The van der Waals surface area contributed by atoms with Gasteiger partial charge >= 0.3 is 0 Å². The van der Waals surface area contributed by atoms with Gasteiger partial charge < -0.3 is 4.74 Å². The van der Waals surface area contributed by atoms with Crippen LogP contribution in [0.25, 0.3) is 0 Å². The average Bonchev–Trinajstić information content (AvgIpc) is 2.40. The predicted molar refractivity (Wildman–Crippen MR) is 80.1 cm³/mol. The van der Waals surface area contributed by atoms with Gasteiger partial charge in [0.15, 0.2) is 0 Å². The molecule has 2 heteroatoms. The maximum atomic E-state index is 10.6. The van der Waals surface area contributed by atoms with E-state index >= 15 is 0 Å².